The highest BCUT2D eigenvalue weighted by molar-refractivity contribution is 9.10. The topological polar surface area (TPSA) is 30.5 Å². The summed E-state index contributed by atoms with van der Waals surface area (Å²) < 4.78 is 25.5. The first-order chi connectivity index (χ1) is 9.60. The third-order valence-electron chi connectivity index (χ3n) is 3.22. The summed E-state index contributed by atoms with van der Waals surface area (Å²) in [5.74, 6) is -0.0344. The highest BCUT2D eigenvalue weighted by Gasteiger charge is 2.25. The van der Waals surface area contributed by atoms with Gasteiger partial charge in [0, 0.05) is 12.6 Å². The van der Waals surface area contributed by atoms with Crippen molar-refractivity contribution in [2.45, 2.75) is 32.0 Å². The van der Waals surface area contributed by atoms with Gasteiger partial charge in [-0.15, -0.1) is 0 Å². The Morgan fingerprint density at radius 2 is 2.20 bits per heavy atom. The van der Waals surface area contributed by atoms with E-state index < -0.39 is 5.82 Å². The van der Waals surface area contributed by atoms with Crippen molar-refractivity contribution < 1.29 is 13.9 Å². The first-order valence-corrected chi connectivity index (χ1v) is 7.90. The number of benzene rings is 1. The maximum Gasteiger partial charge on any atom is 0.145 e. The molecule has 0 bridgehead atoms. The van der Waals surface area contributed by atoms with Crippen LogP contribution in [0.1, 0.15) is 19.8 Å². The van der Waals surface area contributed by atoms with Crippen LogP contribution in [0.3, 0.4) is 0 Å². The minimum Gasteiger partial charge on any atom is -0.490 e. The lowest BCUT2D eigenvalue weighted by molar-refractivity contribution is 0.0186. The molecule has 1 aromatic rings. The Kier molecular flexibility index (Phi) is 6.08. The average molecular weight is 367 g/mol. The minimum absolute atomic E-state index is 0.0595. The molecule has 0 aromatic heterocycles. The molecule has 3 nitrogen and oxygen atoms in total. The highest BCUT2D eigenvalue weighted by atomic mass is 79.9. The molecule has 6 heteroatoms. The van der Waals surface area contributed by atoms with Crippen LogP contribution in [-0.4, -0.2) is 31.9 Å². The van der Waals surface area contributed by atoms with Crippen LogP contribution in [0.4, 0.5) is 4.39 Å². The number of nitrogens with one attached hydrogen (secondary N) is 1. The van der Waals surface area contributed by atoms with E-state index in [1.165, 1.54) is 12.1 Å². The van der Waals surface area contributed by atoms with Crippen molar-refractivity contribution >= 4 is 27.5 Å². The van der Waals surface area contributed by atoms with Crippen molar-refractivity contribution in [2.75, 3.05) is 19.7 Å². The fourth-order valence-electron chi connectivity index (χ4n) is 2.16. The van der Waals surface area contributed by atoms with Gasteiger partial charge in [-0.1, -0.05) is 18.5 Å². The van der Waals surface area contributed by atoms with Crippen LogP contribution in [0.15, 0.2) is 16.6 Å². The molecule has 2 atom stereocenters. The number of hydrogen-bond donors (Lipinski definition) is 1. The van der Waals surface area contributed by atoms with Crippen LogP contribution in [-0.2, 0) is 4.74 Å². The van der Waals surface area contributed by atoms with E-state index in [4.69, 9.17) is 21.1 Å². The smallest absolute Gasteiger partial charge is 0.145 e. The van der Waals surface area contributed by atoms with E-state index in [0.717, 1.165) is 25.9 Å². The molecule has 2 unspecified atom stereocenters. The van der Waals surface area contributed by atoms with Gasteiger partial charge in [0.05, 0.1) is 21.7 Å². The lowest BCUT2D eigenvalue weighted by Crippen LogP contribution is -2.28. The molecule has 0 radical (unpaired) electrons. The third-order valence-corrected chi connectivity index (χ3v) is 4.13. The number of hydrogen-bond acceptors (Lipinski definition) is 3. The molecular formula is C14H18BrClFNO2. The number of likely N-dealkylation sites (N-methyl/N-ethyl adjacent to an activating group) is 1. The molecule has 1 aliphatic rings. The zero-order chi connectivity index (χ0) is 14.5. The van der Waals surface area contributed by atoms with Crippen LogP contribution in [0.25, 0.3) is 0 Å². The fraction of sp³-hybridized carbons (Fsp3) is 0.571. The lowest BCUT2D eigenvalue weighted by atomic mass is 10.2. The highest BCUT2D eigenvalue weighted by Crippen LogP contribution is 2.31. The van der Waals surface area contributed by atoms with Gasteiger partial charge in [0.2, 0.25) is 0 Å². The average Bonchev–Trinajstić information content (AvgIpc) is 2.87. The molecule has 1 aliphatic heterocycles. The summed E-state index contributed by atoms with van der Waals surface area (Å²) in [7, 11) is 0. The van der Waals surface area contributed by atoms with Gasteiger partial charge in [0.25, 0.3) is 0 Å². The Balaban J connectivity index is 1.83. The second-order valence-electron chi connectivity index (χ2n) is 4.77. The quantitative estimate of drug-likeness (QED) is 0.777. The molecule has 1 aromatic carbocycles. The summed E-state index contributed by atoms with van der Waals surface area (Å²) >= 11 is 9.00. The second-order valence-corrected chi connectivity index (χ2v) is 6.03. The Hall–Kier alpha value is -0.360. The van der Waals surface area contributed by atoms with Crippen LogP contribution in [0, 0.1) is 5.82 Å². The summed E-state index contributed by atoms with van der Waals surface area (Å²) in [6, 6.07) is 2.78. The first-order valence-electron chi connectivity index (χ1n) is 6.73. The van der Waals surface area contributed by atoms with Gasteiger partial charge in [-0.05, 0) is 41.4 Å². The minimum atomic E-state index is -0.484. The molecule has 0 spiro atoms. The predicted octanol–water partition coefficient (Wildman–Crippen LogP) is 3.78. The van der Waals surface area contributed by atoms with Crippen molar-refractivity contribution in [3.05, 3.63) is 27.4 Å². The molecule has 112 valence electrons. The van der Waals surface area contributed by atoms with Crippen molar-refractivity contribution in [1.29, 1.82) is 0 Å². The number of halogens is 3. The summed E-state index contributed by atoms with van der Waals surface area (Å²) in [4.78, 5) is 0. The van der Waals surface area contributed by atoms with E-state index in [2.05, 4.69) is 28.2 Å². The van der Waals surface area contributed by atoms with E-state index in [1.807, 2.05) is 0 Å². The number of ether oxygens (including phenoxy) is 2. The standard InChI is InChI=1S/C14H18BrClFNO2/c1-2-18-7-9-3-4-10(20-9)8-19-14-6-13(17)12(16)5-11(14)15/h5-6,9-10,18H,2-4,7-8H2,1H3. The van der Waals surface area contributed by atoms with Gasteiger partial charge in [-0.2, -0.15) is 0 Å². The molecular weight excluding hydrogens is 349 g/mol. The summed E-state index contributed by atoms with van der Waals surface area (Å²) in [6.45, 7) is 4.30. The van der Waals surface area contributed by atoms with E-state index in [0.29, 0.717) is 16.8 Å². The Morgan fingerprint density at radius 1 is 1.45 bits per heavy atom. The zero-order valence-corrected chi connectivity index (χ0v) is 13.6. The first kappa shape index (κ1) is 16.0. The van der Waals surface area contributed by atoms with Crippen molar-refractivity contribution in [3.8, 4) is 5.75 Å². The van der Waals surface area contributed by atoms with Gasteiger partial charge in [0.1, 0.15) is 18.2 Å². The second kappa shape index (κ2) is 7.59. The van der Waals surface area contributed by atoms with Crippen molar-refractivity contribution in [3.63, 3.8) is 0 Å². The SMILES string of the molecule is CCNCC1CCC(COc2cc(F)c(Cl)cc2Br)O1. The van der Waals surface area contributed by atoms with Crippen LogP contribution >= 0.6 is 27.5 Å². The molecule has 1 saturated heterocycles. The maximum atomic E-state index is 13.4. The van der Waals surface area contributed by atoms with Gasteiger partial charge < -0.3 is 14.8 Å². The monoisotopic (exact) mass is 365 g/mol. The fourth-order valence-corrected chi connectivity index (χ4v) is 2.91. The van der Waals surface area contributed by atoms with Gasteiger partial charge in [0.15, 0.2) is 0 Å². The van der Waals surface area contributed by atoms with E-state index in [1.54, 1.807) is 0 Å². The molecule has 0 aliphatic carbocycles. The number of rotatable bonds is 6. The van der Waals surface area contributed by atoms with Crippen LogP contribution in [0.5, 0.6) is 5.75 Å². The van der Waals surface area contributed by atoms with E-state index in [-0.39, 0.29) is 17.2 Å². The Morgan fingerprint density at radius 3 is 2.95 bits per heavy atom. The van der Waals surface area contributed by atoms with Crippen molar-refractivity contribution in [2.24, 2.45) is 0 Å². The summed E-state index contributed by atoms with van der Waals surface area (Å²) in [5, 5.41) is 3.35. The van der Waals surface area contributed by atoms with Crippen molar-refractivity contribution in [1.82, 2.24) is 5.32 Å². The molecule has 0 amide bonds. The largest absolute Gasteiger partial charge is 0.490 e. The Bertz CT molecular complexity index is 461. The third kappa shape index (κ3) is 4.32. The molecule has 1 heterocycles. The molecule has 20 heavy (non-hydrogen) atoms. The van der Waals surface area contributed by atoms with Gasteiger partial charge in [-0.25, -0.2) is 4.39 Å². The van der Waals surface area contributed by atoms with Crippen LogP contribution < -0.4 is 10.1 Å². The summed E-state index contributed by atoms with van der Waals surface area (Å²) in [5.41, 5.74) is 0. The van der Waals surface area contributed by atoms with Gasteiger partial charge >= 0.3 is 0 Å². The molecule has 0 saturated carbocycles. The van der Waals surface area contributed by atoms with E-state index >= 15 is 0 Å². The lowest BCUT2D eigenvalue weighted by Gasteiger charge is -2.15. The maximum absolute atomic E-state index is 13.4. The molecule has 2 rings (SSSR count). The molecule has 1 N–H and O–H groups in total. The van der Waals surface area contributed by atoms with E-state index in [9.17, 15) is 4.39 Å². The summed E-state index contributed by atoms with van der Waals surface area (Å²) in [6.07, 6.45) is 2.29. The van der Waals surface area contributed by atoms with Gasteiger partial charge in [-0.3, -0.25) is 0 Å². The zero-order valence-electron chi connectivity index (χ0n) is 11.3. The molecule has 1 fully saturated rings. The predicted molar refractivity (Wildman–Crippen MR) is 81.0 cm³/mol. The normalized spacial score (nSPS) is 22.2. The van der Waals surface area contributed by atoms with Crippen LogP contribution in [0.2, 0.25) is 5.02 Å². The Labute approximate surface area is 131 Å².